The third-order valence-electron chi connectivity index (χ3n) is 2.52. The monoisotopic (exact) mass is 256 g/mol. The molecule has 1 aromatic rings. The number of carbonyl (C=O) groups excluding carboxylic acids is 1. The molecular weight excluding hydrogens is 240 g/mol. The predicted octanol–water partition coefficient (Wildman–Crippen LogP) is 1.63. The van der Waals surface area contributed by atoms with Gasteiger partial charge in [0, 0.05) is 13.1 Å². The molecule has 1 N–H and O–H groups in total. The number of carboxylic acid groups (broad SMARTS) is 1. The second kappa shape index (κ2) is 5.77. The normalized spacial score (nSPS) is 12.2. The fourth-order valence-corrected chi connectivity index (χ4v) is 2.18. The SMILES string of the molecule is CCN(CC(C)C(=O)O)C(=O)c1scnc1C. The van der Waals surface area contributed by atoms with E-state index in [1.54, 1.807) is 24.3 Å². The molecule has 17 heavy (non-hydrogen) atoms. The van der Waals surface area contributed by atoms with Crippen molar-refractivity contribution in [3.63, 3.8) is 0 Å². The molecule has 0 fully saturated rings. The third-order valence-corrected chi connectivity index (χ3v) is 3.44. The molecule has 94 valence electrons. The molecule has 0 spiro atoms. The van der Waals surface area contributed by atoms with Crippen molar-refractivity contribution in [1.82, 2.24) is 9.88 Å². The van der Waals surface area contributed by atoms with Crippen LogP contribution in [0.5, 0.6) is 0 Å². The van der Waals surface area contributed by atoms with Crippen LogP contribution in [0.25, 0.3) is 0 Å². The van der Waals surface area contributed by atoms with Crippen LogP contribution in [0.4, 0.5) is 0 Å². The van der Waals surface area contributed by atoms with Crippen molar-refractivity contribution in [2.75, 3.05) is 13.1 Å². The van der Waals surface area contributed by atoms with Crippen LogP contribution in [0.1, 0.15) is 29.2 Å². The lowest BCUT2D eigenvalue weighted by atomic mass is 10.1. The summed E-state index contributed by atoms with van der Waals surface area (Å²) in [5.74, 6) is -1.59. The summed E-state index contributed by atoms with van der Waals surface area (Å²) >= 11 is 1.29. The van der Waals surface area contributed by atoms with Crippen LogP contribution in [0.15, 0.2) is 5.51 Å². The number of thiazole rings is 1. The topological polar surface area (TPSA) is 70.5 Å². The quantitative estimate of drug-likeness (QED) is 0.869. The van der Waals surface area contributed by atoms with Gasteiger partial charge >= 0.3 is 5.97 Å². The van der Waals surface area contributed by atoms with E-state index in [0.29, 0.717) is 17.1 Å². The number of carbonyl (C=O) groups is 2. The molecular formula is C11H16N2O3S. The highest BCUT2D eigenvalue weighted by atomic mass is 32.1. The first-order valence-electron chi connectivity index (χ1n) is 5.39. The van der Waals surface area contributed by atoms with Gasteiger partial charge in [0.25, 0.3) is 5.91 Å². The Morgan fingerprint density at radius 1 is 1.59 bits per heavy atom. The third kappa shape index (κ3) is 3.26. The lowest BCUT2D eigenvalue weighted by Gasteiger charge is -2.22. The molecule has 1 atom stereocenters. The summed E-state index contributed by atoms with van der Waals surface area (Å²) in [6.07, 6.45) is 0. The number of carboxylic acids is 1. The Morgan fingerprint density at radius 3 is 2.65 bits per heavy atom. The molecule has 1 unspecified atom stereocenters. The van der Waals surface area contributed by atoms with Gasteiger partial charge in [-0.05, 0) is 13.8 Å². The van der Waals surface area contributed by atoms with E-state index in [2.05, 4.69) is 4.98 Å². The van der Waals surface area contributed by atoms with Crippen LogP contribution in [-0.4, -0.2) is 40.0 Å². The second-order valence-electron chi connectivity index (χ2n) is 3.85. The van der Waals surface area contributed by atoms with Gasteiger partial charge in [0.2, 0.25) is 0 Å². The van der Waals surface area contributed by atoms with Crippen LogP contribution in [-0.2, 0) is 4.79 Å². The Hall–Kier alpha value is -1.43. The summed E-state index contributed by atoms with van der Waals surface area (Å²) < 4.78 is 0. The molecule has 0 radical (unpaired) electrons. The molecule has 1 heterocycles. The number of aliphatic carboxylic acids is 1. The maximum Gasteiger partial charge on any atom is 0.308 e. The van der Waals surface area contributed by atoms with Crippen molar-refractivity contribution in [3.8, 4) is 0 Å². The first-order chi connectivity index (χ1) is 7.97. The van der Waals surface area contributed by atoms with Gasteiger partial charge in [-0.1, -0.05) is 6.92 Å². The van der Waals surface area contributed by atoms with E-state index in [-0.39, 0.29) is 12.5 Å². The van der Waals surface area contributed by atoms with Gasteiger partial charge in [0.15, 0.2) is 0 Å². The molecule has 1 aromatic heterocycles. The highest BCUT2D eigenvalue weighted by molar-refractivity contribution is 7.11. The van der Waals surface area contributed by atoms with Gasteiger partial charge in [-0.3, -0.25) is 9.59 Å². The summed E-state index contributed by atoms with van der Waals surface area (Å²) in [4.78, 5) is 29.1. The van der Waals surface area contributed by atoms with Gasteiger partial charge in [-0.15, -0.1) is 11.3 Å². The van der Waals surface area contributed by atoms with E-state index < -0.39 is 11.9 Å². The molecule has 0 aromatic carbocycles. The lowest BCUT2D eigenvalue weighted by molar-refractivity contribution is -0.141. The van der Waals surface area contributed by atoms with E-state index >= 15 is 0 Å². The number of aryl methyl sites for hydroxylation is 1. The molecule has 5 nitrogen and oxygen atoms in total. The molecule has 0 aliphatic heterocycles. The van der Waals surface area contributed by atoms with E-state index in [1.165, 1.54) is 11.3 Å². The smallest absolute Gasteiger partial charge is 0.308 e. The number of rotatable bonds is 5. The van der Waals surface area contributed by atoms with Crippen molar-refractivity contribution in [2.24, 2.45) is 5.92 Å². The number of hydrogen-bond acceptors (Lipinski definition) is 4. The minimum atomic E-state index is -0.891. The average molecular weight is 256 g/mol. The Kier molecular flexibility index (Phi) is 4.62. The van der Waals surface area contributed by atoms with Crippen molar-refractivity contribution >= 4 is 23.2 Å². The van der Waals surface area contributed by atoms with Crippen LogP contribution in [0.3, 0.4) is 0 Å². The van der Waals surface area contributed by atoms with E-state index in [4.69, 9.17) is 5.11 Å². The molecule has 0 saturated heterocycles. The minimum Gasteiger partial charge on any atom is -0.481 e. The van der Waals surface area contributed by atoms with E-state index in [9.17, 15) is 9.59 Å². The summed E-state index contributed by atoms with van der Waals surface area (Å²) in [6, 6.07) is 0. The summed E-state index contributed by atoms with van der Waals surface area (Å²) in [5, 5.41) is 8.85. The highest BCUT2D eigenvalue weighted by Crippen LogP contribution is 2.16. The fraction of sp³-hybridized carbons (Fsp3) is 0.545. The zero-order valence-electron chi connectivity index (χ0n) is 10.1. The Bertz CT molecular complexity index is 417. The van der Waals surface area contributed by atoms with Gasteiger partial charge < -0.3 is 10.0 Å². The zero-order chi connectivity index (χ0) is 13.0. The summed E-state index contributed by atoms with van der Waals surface area (Å²) in [6.45, 7) is 5.93. The Balaban J connectivity index is 2.78. The largest absolute Gasteiger partial charge is 0.481 e. The minimum absolute atomic E-state index is 0.138. The van der Waals surface area contributed by atoms with Gasteiger partial charge in [-0.25, -0.2) is 4.98 Å². The molecule has 1 amide bonds. The van der Waals surface area contributed by atoms with Crippen LogP contribution >= 0.6 is 11.3 Å². The number of nitrogens with zero attached hydrogens (tertiary/aromatic N) is 2. The van der Waals surface area contributed by atoms with Crippen molar-refractivity contribution in [2.45, 2.75) is 20.8 Å². The first-order valence-corrected chi connectivity index (χ1v) is 6.27. The maximum absolute atomic E-state index is 12.1. The summed E-state index contributed by atoms with van der Waals surface area (Å²) in [5.41, 5.74) is 2.32. The zero-order valence-corrected chi connectivity index (χ0v) is 11.0. The van der Waals surface area contributed by atoms with Gasteiger partial charge in [-0.2, -0.15) is 0 Å². The fourth-order valence-electron chi connectivity index (χ4n) is 1.42. The van der Waals surface area contributed by atoms with Gasteiger partial charge in [0.05, 0.1) is 17.1 Å². The van der Waals surface area contributed by atoms with Crippen LogP contribution < -0.4 is 0 Å². The predicted molar refractivity (Wildman–Crippen MR) is 65.2 cm³/mol. The van der Waals surface area contributed by atoms with Crippen molar-refractivity contribution in [3.05, 3.63) is 16.1 Å². The highest BCUT2D eigenvalue weighted by Gasteiger charge is 2.22. The average Bonchev–Trinajstić information content (AvgIpc) is 2.70. The number of aromatic nitrogens is 1. The standard InChI is InChI=1S/C11H16N2O3S/c1-4-13(5-7(2)11(15)16)10(14)9-8(3)12-6-17-9/h6-7H,4-5H2,1-3H3,(H,15,16). The van der Waals surface area contributed by atoms with E-state index in [0.717, 1.165) is 0 Å². The Morgan fingerprint density at radius 2 is 2.24 bits per heavy atom. The summed E-state index contributed by atoms with van der Waals surface area (Å²) in [7, 11) is 0. The molecule has 0 saturated carbocycles. The van der Waals surface area contributed by atoms with Crippen molar-refractivity contribution in [1.29, 1.82) is 0 Å². The first kappa shape index (κ1) is 13.6. The molecule has 0 bridgehead atoms. The van der Waals surface area contributed by atoms with Gasteiger partial charge in [0.1, 0.15) is 4.88 Å². The van der Waals surface area contributed by atoms with Crippen molar-refractivity contribution < 1.29 is 14.7 Å². The molecule has 1 rings (SSSR count). The number of amides is 1. The lowest BCUT2D eigenvalue weighted by Crippen LogP contribution is -2.36. The molecule has 0 aliphatic rings. The maximum atomic E-state index is 12.1. The van der Waals surface area contributed by atoms with E-state index in [1.807, 2.05) is 6.92 Å². The molecule has 0 aliphatic carbocycles. The van der Waals surface area contributed by atoms with Crippen LogP contribution in [0.2, 0.25) is 0 Å². The molecule has 6 heteroatoms. The number of hydrogen-bond donors (Lipinski definition) is 1. The van der Waals surface area contributed by atoms with Crippen LogP contribution in [0, 0.1) is 12.8 Å². The Labute approximate surface area is 104 Å². The second-order valence-corrected chi connectivity index (χ2v) is 4.70.